The Morgan fingerprint density at radius 2 is 2.09 bits per heavy atom. The summed E-state index contributed by atoms with van der Waals surface area (Å²) in [7, 11) is -3.77. The van der Waals surface area contributed by atoms with Gasteiger partial charge in [-0.15, -0.1) is 0 Å². The molecule has 9 heteroatoms. The van der Waals surface area contributed by atoms with E-state index in [0.717, 1.165) is 18.5 Å². The van der Waals surface area contributed by atoms with Gasteiger partial charge in [-0.25, -0.2) is 8.42 Å². The molecule has 1 aromatic carbocycles. The summed E-state index contributed by atoms with van der Waals surface area (Å²) in [4.78, 5) is 23.5. The number of carbonyl (C=O) groups is 1. The fraction of sp³-hybridized carbons (Fsp3) is 0.435. The monoisotopic (exact) mass is 454 g/mol. The summed E-state index contributed by atoms with van der Waals surface area (Å²) in [5.74, 6) is 0.823. The van der Waals surface area contributed by atoms with Gasteiger partial charge >= 0.3 is 0 Å². The first kappa shape index (κ1) is 21.1. The number of sulfonamides is 1. The van der Waals surface area contributed by atoms with Crippen molar-refractivity contribution in [2.75, 3.05) is 31.1 Å². The van der Waals surface area contributed by atoms with Crippen LogP contribution in [0.1, 0.15) is 37.0 Å². The molecule has 0 spiro atoms. The predicted molar refractivity (Wildman–Crippen MR) is 121 cm³/mol. The summed E-state index contributed by atoms with van der Waals surface area (Å²) in [5.41, 5.74) is 1.09. The number of amidine groups is 1. The van der Waals surface area contributed by atoms with Gasteiger partial charge in [0.05, 0.1) is 28.4 Å². The molecule has 3 aliphatic heterocycles. The van der Waals surface area contributed by atoms with Crippen molar-refractivity contribution in [3.63, 3.8) is 0 Å². The van der Waals surface area contributed by atoms with Crippen LogP contribution in [0.5, 0.6) is 5.75 Å². The van der Waals surface area contributed by atoms with Crippen LogP contribution in [-0.2, 0) is 10.0 Å². The van der Waals surface area contributed by atoms with Gasteiger partial charge in [-0.1, -0.05) is 13.8 Å². The van der Waals surface area contributed by atoms with Crippen molar-refractivity contribution in [2.45, 2.75) is 37.6 Å². The van der Waals surface area contributed by atoms with Gasteiger partial charge in [-0.3, -0.25) is 14.8 Å². The molecule has 2 aromatic rings. The van der Waals surface area contributed by atoms with E-state index in [1.807, 2.05) is 4.90 Å². The third-order valence-electron chi connectivity index (χ3n) is 6.21. The van der Waals surface area contributed by atoms with Crippen molar-refractivity contribution in [3.05, 3.63) is 48.3 Å². The Kier molecular flexibility index (Phi) is 5.05. The van der Waals surface area contributed by atoms with Gasteiger partial charge in [-0.05, 0) is 43.2 Å². The van der Waals surface area contributed by atoms with Gasteiger partial charge in [0.15, 0.2) is 5.84 Å². The first-order valence-electron chi connectivity index (χ1n) is 10.8. The maximum atomic E-state index is 13.5. The minimum Gasteiger partial charge on any atom is -0.490 e. The van der Waals surface area contributed by atoms with Crippen molar-refractivity contribution in [2.24, 2.45) is 10.4 Å². The Hall–Kier alpha value is -2.78. The lowest BCUT2D eigenvalue weighted by Gasteiger charge is -2.34. The highest BCUT2D eigenvalue weighted by molar-refractivity contribution is 7.89. The lowest BCUT2D eigenvalue weighted by molar-refractivity contribution is 0.106. The molecule has 0 amide bonds. The average Bonchev–Trinajstić information content (AvgIpc) is 3.36. The van der Waals surface area contributed by atoms with Gasteiger partial charge in [0.1, 0.15) is 12.4 Å². The number of aromatic nitrogens is 1. The van der Waals surface area contributed by atoms with Crippen LogP contribution in [0.25, 0.3) is 0 Å². The fourth-order valence-electron chi connectivity index (χ4n) is 4.59. The van der Waals surface area contributed by atoms with E-state index in [-0.39, 0.29) is 28.7 Å². The highest BCUT2D eigenvalue weighted by atomic mass is 32.2. The average molecular weight is 455 g/mol. The van der Waals surface area contributed by atoms with E-state index in [9.17, 15) is 13.2 Å². The molecule has 32 heavy (non-hydrogen) atoms. The van der Waals surface area contributed by atoms with Crippen LogP contribution in [0, 0.1) is 5.41 Å². The van der Waals surface area contributed by atoms with Crippen LogP contribution in [0.4, 0.5) is 5.69 Å². The number of anilines is 1. The maximum Gasteiger partial charge on any atom is 0.243 e. The van der Waals surface area contributed by atoms with Crippen LogP contribution in [0.3, 0.4) is 0 Å². The number of carbonyl (C=O) groups excluding carboxylic acids is 1. The Morgan fingerprint density at radius 1 is 1.25 bits per heavy atom. The Balaban J connectivity index is 1.40. The molecule has 1 aromatic heterocycles. The number of benzene rings is 1. The molecule has 4 heterocycles. The zero-order valence-corrected chi connectivity index (χ0v) is 19.0. The number of nitrogens with zero attached hydrogens (tertiary/aromatic N) is 4. The number of ketones is 1. The van der Waals surface area contributed by atoms with Gasteiger partial charge in [-0.2, -0.15) is 4.31 Å². The van der Waals surface area contributed by atoms with Gasteiger partial charge in [0.25, 0.3) is 0 Å². The van der Waals surface area contributed by atoms with Crippen LogP contribution in [-0.4, -0.2) is 61.6 Å². The van der Waals surface area contributed by atoms with E-state index in [2.05, 4.69) is 23.8 Å². The number of hydrogen-bond donors (Lipinski definition) is 0. The number of ether oxygens (including phenoxy) is 1. The standard InChI is InChI=1S/C23H26N4O4S/c1-23(2)14-25-22-21(28)19-11-18(7-8-20(19)26(22)15-23)32(29,30)27-10-4-5-16(27)13-31-17-6-3-9-24-12-17/h3,6-9,11-12,16H,4-5,10,13-15H2,1-2H3/t16-/m0/s1. The molecule has 5 rings (SSSR count). The third kappa shape index (κ3) is 3.59. The second-order valence-electron chi connectivity index (χ2n) is 9.31. The number of hydrogen-bond acceptors (Lipinski definition) is 7. The van der Waals surface area contributed by atoms with Crippen molar-refractivity contribution >= 4 is 27.3 Å². The first-order valence-corrected chi connectivity index (χ1v) is 12.3. The van der Waals surface area contributed by atoms with Crippen molar-refractivity contribution < 1.29 is 17.9 Å². The smallest absolute Gasteiger partial charge is 0.243 e. The molecule has 0 radical (unpaired) electrons. The SMILES string of the molecule is CC1(C)CN=C2C(=O)c3cc(S(=O)(=O)N4CCC[C@H]4COc4cccnc4)ccc3N2C1. The van der Waals surface area contributed by atoms with E-state index in [4.69, 9.17) is 4.74 Å². The van der Waals surface area contributed by atoms with Crippen molar-refractivity contribution in [1.29, 1.82) is 0 Å². The Labute approximate surface area is 188 Å². The molecule has 0 bridgehead atoms. The number of aliphatic imine (C=N–C) groups is 1. The summed E-state index contributed by atoms with van der Waals surface area (Å²) in [6, 6.07) is 8.16. The molecule has 0 unspecified atom stereocenters. The lowest BCUT2D eigenvalue weighted by Crippen LogP contribution is -2.44. The molecular formula is C23H26N4O4S. The summed E-state index contributed by atoms with van der Waals surface area (Å²) in [6.07, 6.45) is 4.76. The predicted octanol–water partition coefficient (Wildman–Crippen LogP) is 2.75. The van der Waals surface area contributed by atoms with Gasteiger partial charge in [0, 0.05) is 31.2 Å². The molecule has 168 valence electrons. The Bertz CT molecular complexity index is 1190. The van der Waals surface area contributed by atoms with E-state index in [1.54, 1.807) is 36.7 Å². The second kappa shape index (κ2) is 7.67. The molecular weight excluding hydrogens is 428 g/mol. The summed E-state index contributed by atoms with van der Waals surface area (Å²) in [6.45, 7) is 6.16. The quantitative estimate of drug-likeness (QED) is 0.690. The highest BCUT2D eigenvalue weighted by Gasteiger charge is 2.42. The summed E-state index contributed by atoms with van der Waals surface area (Å²) < 4.78 is 34.2. The van der Waals surface area contributed by atoms with Crippen LogP contribution >= 0.6 is 0 Å². The van der Waals surface area contributed by atoms with Crippen molar-refractivity contribution in [1.82, 2.24) is 9.29 Å². The second-order valence-corrected chi connectivity index (χ2v) is 11.2. The maximum absolute atomic E-state index is 13.5. The summed E-state index contributed by atoms with van der Waals surface area (Å²) in [5, 5.41) is 0. The third-order valence-corrected chi connectivity index (χ3v) is 8.16. The molecule has 0 saturated carbocycles. The molecule has 1 atom stereocenters. The minimum absolute atomic E-state index is 0.0484. The van der Waals surface area contributed by atoms with E-state index < -0.39 is 10.0 Å². The van der Waals surface area contributed by atoms with E-state index in [0.29, 0.717) is 36.8 Å². The number of rotatable bonds is 5. The van der Waals surface area contributed by atoms with E-state index >= 15 is 0 Å². The molecule has 8 nitrogen and oxygen atoms in total. The minimum atomic E-state index is -3.77. The molecule has 0 N–H and O–H groups in total. The van der Waals surface area contributed by atoms with Crippen LogP contribution in [0.15, 0.2) is 52.6 Å². The molecule has 3 aliphatic rings. The van der Waals surface area contributed by atoms with Gasteiger partial charge in [0.2, 0.25) is 15.8 Å². The van der Waals surface area contributed by atoms with Crippen LogP contribution in [0.2, 0.25) is 0 Å². The number of fused-ring (bicyclic) bond motifs is 3. The van der Waals surface area contributed by atoms with Gasteiger partial charge < -0.3 is 9.64 Å². The van der Waals surface area contributed by atoms with E-state index in [1.165, 1.54) is 10.4 Å². The van der Waals surface area contributed by atoms with Crippen LogP contribution < -0.4 is 9.64 Å². The molecule has 1 saturated heterocycles. The fourth-order valence-corrected chi connectivity index (χ4v) is 6.29. The zero-order chi connectivity index (χ0) is 22.5. The normalized spacial score (nSPS) is 22.4. The molecule has 1 fully saturated rings. The number of pyridine rings is 1. The summed E-state index contributed by atoms with van der Waals surface area (Å²) >= 11 is 0. The number of Topliss-reactive ketones (excluding diaryl/α,β-unsaturated/α-hetero) is 1. The Morgan fingerprint density at radius 3 is 2.88 bits per heavy atom. The largest absolute Gasteiger partial charge is 0.490 e. The first-order chi connectivity index (χ1) is 15.3. The zero-order valence-electron chi connectivity index (χ0n) is 18.2. The lowest BCUT2D eigenvalue weighted by atomic mass is 9.91. The topological polar surface area (TPSA) is 92.2 Å². The molecule has 0 aliphatic carbocycles. The van der Waals surface area contributed by atoms with Crippen molar-refractivity contribution in [3.8, 4) is 5.75 Å². The highest BCUT2D eigenvalue weighted by Crippen LogP contribution is 2.37.